The van der Waals surface area contributed by atoms with Gasteiger partial charge in [-0.15, -0.1) is 0 Å². The van der Waals surface area contributed by atoms with Gasteiger partial charge in [0.15, 0.2) is 0 Å². The molecule has 1 nitrogen and oxygen atoms in total. The van der Waals surface area contributed by atoms with Gasteiger partial charge in [0.1, 0.15) is 17.4 Å². The second kappa shape index (κ2) is 8.19. The Morgan fingerprint density at radius 2 is 1.56 bits per heavy atom. The SMILES string of the molecule is FC(F)(F)c1ccc2c(c1C(F)(F)F)OC(C1CC[CH-]CC1)CC2.[Rb+]. The van der Waals surface area contributed by atoms with Gasteiger partial charge in [-0.3, -0.25) is 0 Å². The van der Waals surface area contributed by atoms with E-state index in [2.05, 4.69) is 6.42 Å². The Morgan fingerprint density at radius 1 is 0.920 bits per heavy atom. The number of ether oxygens (including phenoxy) is 1. The third-order valence-corrected chi connectivity index (χ3v) is 4.80. The van der Waals surface area contributed by atoms with Gasteiger partial charge in [-0.2, -0.15) is 39.2 Å². The van der Waals surface area contributed by atoms with Crippen LogP contribution in [0.5, 0.6) is 5.75 Å². The maximum absolute atomic E-state index is 13.4. The first-order valence-corrected chi connectivity index (χ1v) is 7.96. The van der Waals surface area contributed by atoms with Crippen LogP contribution in [0.4, 0.5) is 26.3 Å². The minimum atomic E-state index is -5.11. The van der Waals surface area contributed by atoms with Crippen molar-refractivity contribution < 1.29 is 89.3 Å². The summed E-state index contributed by atoms with van der Waals surface area (Å²) in [6, 6.07) is 1.62. The number of hydrogen-bond donors (Lipinski definition) is 0. The molecule has 1 aromatic carbocycles. The van der Waals surface area contributed by atoms with Crippen LogP contribution < -0.4 is 62.9 Å². The van der Waals surface area contributed by atoms with E-state index in [4.69, 9.17) is 4.74 Å². The Labute approximate surface area is 191 Å². The van der Waals surface area contributed by atoms with Gasteiger partial charge < -0.3 is 11.2 Å². The Hall–Kier alpha value is 0.405. The largest absolute Gasteiger partial charge is 1.00 e. The fourth-order valence-corrected chi connectivity index (χ4v) is 3.64. The smallest absolute Gasteiger partial charge is 0.489 e. The molecule has 1 atom stereocenters. The Balaban J connectivity index is 0.00000225. The molecule has 0 N–H and O–H groups in total. The van der Waals surface area contributed by atoms with Gasteiger partial charge >= 0.3 is 70.5 Å². The predicted octanol–water partition coefficient (Wildman–Crippen LogP) is 2.82. The Bertz CT molecular complexity index is 604. The van der Waals surface area contributed by atoms with E-state index in [0.717, 1.165) is 31.7 Å². The van der Waals surface area contributed by atoms with Gasteiger partial charge in [-0.05, 0) is 30.4 Å². The molecule has 0 spiro atoms. The third kappa shape index (κ3) is 4.82. The van der Waals surface area contributed by atoms with Crippen LogP contribution in [0.1, 0.15) is 48.8 Å². The topological polar surface area (TPSA) is 9.23 Å². The molecule has 1 fully saturated rings. The van der Waals surface area contributed by atoms with Crippen molar-refractivity contribution in [2.45, 2.75) is 57.0 Å². The summed E-state index contributed by atoms with van der Waals surface area (Å²) in [5, 5.41) is 0. The summed E-state index contributed by atoms with van der Waals surface area (Å²) in [6.45, 7) is 0. The van der Waals surface area contributed by atoms with Crippen LogP contribution >= 0.6 is 0 Å². The molecule has 8 heteroatoms. The third-order valence-electron chi connectivity index (χ3n) is 4.80. The second-order valence-corrected chi connectivity index (χ2v) is 6.37. The Morgan fingerprint density at radius 3 is 2.12 bits per heavy atom. The molecule has 0 saturated heterocycles. The summed E-state index contributed by atoms with van der Waals surface area (Å²) >= 11 is 0. The molecule has 25 heavy (non-hydrogen) atoms. The number of benzene rings is 1. The van der Waals surface area contributed by atoms with Gasteiger partial charge in [-0.1, -0.05) is 18.9 Å². The summed E-state index contributed by atoms with van der Waals surface area (Å²) < 4.78 is 84.7. The van der Waals surface area contributed by atoms with Crippen molar-refractivity contribution in [3.63, 3.8) is 0 Å². The minimum Gasteiger partial charge on any atom is -0.489 e. The normalized spacial score (nSPS) is 21.9. The van der Waals surface area contributed by atoms with E-state index in [1.807, 2.05) is 0 Å². The number of aryl methyl sites for hydroxylation is 1. The summed E-state index contributed by atoms with van der Waals surface area (Å²) in [5.41, 5.74) is -3.15. The maximum Gasteiger partial charge on any atom is 1.00 e. The van der Waals surface area contributed by atoms with E-state index in [1.165, 1.54) is 0 Å². The van der Waals surface area contributed by atoms with Gasteiger partial charge in [0, 0.05) is 0 Å². The number of fused-ring (bicyclic) bond motifs is 1. The summed E-state index contributed by atoms with van der Waals surface area (Å²) in [7, 11) is 0. The molecule has 1 heterocycles. The van der Waals surface area contributed by atoms with Crippen molar-refractivity contribution in [2.75, 3.05) is 0 Å². The summed E-state index contributed by atoms with van der Waals surface area (Å²) in [4.78, 5) is 0. The average Bonchev–Trinajstić information content (AvgIpc) is 2.52. The van der Waals surface area contributed by atoms with Crippen LogP contribution in [0.15, 0.2) is 12.1 Å². The number of halogens is 6. The molecule has 3 rings (SSSR count). The fourth-order valence-electron chi connectivity index (χ4n) is 3.64. The van der Waals surface area contributed by atoms with Gasteiger partial charge in [-0.25, -0.2) is 0 Å². The molecule has 1 saturated carbocycles. The van der Waals surface area contributed by atoms with Crippen LogP contribution in [0.2, 0.25) is 0 Å². The molecule has 1 unspecified atom stereocenters. The molecule has 0 aromatic heterocycles. The number of hydrogen-bond acceptors (Lipinski definition) is 1. The van der Waals surface area contributed by atoms with E-state index >= 15 is 0 Å². The molecule has 134 valence electrons. The maximum atomic E-state index is 13.4. The minimum absolute atomic E-state index is 0. The van der Waals surface area contributed by atoms with Crippen molar-refractivity contribution in [1.29, 1.82) is 0 Å². The van der Waals surface area contributed by atoms with Gasteiger partial charge in [0.2, 0.25) is 0 Å². The molecule has 1 aromatic rings. The zero-order chi connectivity index (χ0) is 17.5. The first-order valence-electron chi connectivity index (χ1n) is 7.96. The van der Waals surface area contributed by atoms with Crippen molar-refractivity contribution in [3.8, 4) is 5.75 Å². The van der Waals surface area contributed by atoms with Gasteiger partial charge in [0.05, 0.1) is 5.56 Å². The zero-order valence-corrected chi connectivity index (χ0v) is 18.7. The molecule has 2 aliphatic rings. The van der Waals surface area contributed by atoms with Crippen molar-refractivity contribution >= 4 is 0 Å². The average molecular weight is 437 g/mol. The van der Waals surface area contributed by atoms with Crippen molar-refractivity contribution in [1.82, 2.24) is 0 Å². The first kappa shape index (κ1) is 21.7. The van der Waals surface area contributed by atoms with E-state index in [-0.39, 0.29) is 69.7 Å². The first-order chi connectivity index (χ1) is 11.2. The monoisotopic (exact) mass is 436 g/mol. The quantitative estimate of drug-likeness (QED) is 0.486. The van der Waals surface area contributed by atoms with E-state index in [0.29, 0.717) is 18.9 Å². The molecule has 0 radical (unpaired) electrons. The van der Waals surface area contributed by atoms with Crippen LogP contribution in [0, 0.1) is 12.3 Å². The molecule has 0 bridgehead atoms. The van der Waals surface area contributed by atoms with Crippen LogP contribution in [0.25, 0.3) is 0 Å². The zero-order valence-electron chi connectivity index (χ0n) is 13.8. The molecule has 1 aliphatic heterocycles. The van der Waals surface area contributed by atoms with Crippen LogP contribution in [-0.4, -0.2) is 6.10 Å². The fraction of sp³-hybridized carbons (Fsp3) is 0.588. The molecule has 1 aliphatic carbocycles. The van der Waals surface area contributed by atoms with E-state index in [9.17, 15) is 26.3 Å². The number of rotatable bonds is 1. The number of alkyl halides is 6. The van der Waals surface area contributed by atoms with Crippen molar-refractivity contribution in [3.05, 3.63) is 35.2 Å². The van der Waals surface area contributed by atoms with Crippen molar-refractivity contribution in [2.24, 2.45) is 5.92 Å². The molecular formula is C17H17F6ORb. The summed E-state index contributed by atoms with van der Waals surface area (Å²) in [5.74, 6) is -0.526. The summed E-state index contributed by atoms with van der Waals surface area (Å²) in [6.07, 6.45) is -4.32. The van der Waals surface area contributed by atoms with Crippen LogP contribution in [0.3, 0.4) is 0 Å². The standard InChI is InChI=1S/C17H17F6O.Rb/c18-16(19,20)12-8-6-11-7-9-13(10-4-2-1-3-5-10)24-15(11)14(12)17(21,22)23;/h1,6,8,10,13H,2-5,7,9H2;/q-1;+1. The van der Waals surface area contributed by atoms with Gasteiger partial charge in [0.25, 0.3) is 0 Å². The van der Waals surface area contributed by atoms with E-state index < -0.39 is 35.3 Å². The van der Waals surface area contributed by atoms with E-state index in [1.54, 1.807) is 0 Å². The predicted molar refractivity (Wildman–Crippen MR) is 75.4 cm³/mol. The second-order valence-electron chi connectivity index (χ2n) is 6.37. The molecule has 0 amide bonds. The molecular weight excluding hydrogens is 420 g/mol. The van der Waals surface area contributed by atoms with Crippen LogP contribution in [-0.2, 0) is 18.8 Å². The Kier molecular flexibility index (Phi) is 7.11.